The van der Waals surface area contributed by atoms with E-state index in [9.17, 15) is 9.90 Å². The van der Waals surface area contributed by atoms with Crippen molar-refractivity contribution >= 4 is 11.7 Å². The number of carboxylic acid groups (broad SMARTS) is 1. The van der Waals surface area contributed by atoms with Gasteiger partial charge in [-0.25, -0.2) is 4.79 Å². The maximum Gasteiger partial charge on any atom is 0.339 e. The summed E-state index contributed by atoms with van der Waals surface area (Å²) in [6.07, 6.45) is 2.08. The summed E-state index contributed by atoms with van der Waals surface area (Å²) in [7, 11) is 2.11. The average Bonchev–Trinajstić information content (AvgIpc) is 2.30. The van der Waals surface area contributed by atoms with Gasteiger partial charge in [-0.2, -0.15) is 0 Å². The molecule has 0 unspecified atom stereocenters. The number of carboxylic acids is 1. The molecule has 1 aliphatic heterocycles. The van der Waals surface area contributed by atoms with Crippen LogP contribution in [-0.4, -0.2) is 47.1 Å². The van der Waals surface area contributed by atoms with E-state index in [0.717, 1.165) is 31.6 Å². The smallest absolute Gasteiger partial charge is 0.339 e. The first-order valence-corrected chi connectivity index (χ1v) is 6.64. The fourth-order valence-electron chi connectivity index (χ4n) is 2.59. The lowest BCUT2D eigenvalue weighted by molar-refractivity contribution is 0.0696. The van der Waals surface area contributed by atoms with Crippen molar-refractivity contribution in [3.8, 4) is 0 Å². The monoisotopic (exact) mass is 263 g/mol. The second kappa shape index (κ2) is 5.57. The number of hydrogen-bond donors (Lipinski definition) is 2. The van der Waals surface area contributed by atoms with Crippen LogP contribution < -0.4 is 5.32 Å². The first kappa shape index (κ1) is 13.8. The topological polar surface area (TPSA) is 65.5 Å². The molecule has 0 atom stereocenters. The number of carbonyl (C=O) groups is 1. The van der Waals surface area contributed by atoms with Gasteiger partial charge in [0.15, 0.2) is 0 Å². The number of hydrogen-bond acceptors (Lipinski definition) is 4. The molecule has 1 aliphatic rings. The predicted octanol–water partition coefficient (Wildman–Crippen LogP) is 1.90. The van der Waals surface area contributed by atoms with Gasteiger partial charge in [0, 0.05) is 11.7 Å². The number of likely N-dealkylation sites (tertiary alicyclic amines) is 1. The molecule has 0 spiro atoms. The number of nitrogens with one attached hydrogen (secondary N) is 1. The van der Waals surface area contributed by atoms with E-state index in [0.29, 0.717) is 23.0 Å². The summed E-state index contributed by atoms with van der Waals surface area (Å²) in [5.74, 6) is -0.916. The summed E-state index contributed by atoms with van der Waals surface area (Å²) in [5, 5.41) is 12.7. The van der Waals surface area contributed by atoms with Gasteiger partial charge in [0.1, 0.15) is 5.56 Å². The highest BCUT2D eigenvalue weighted by molar-refractivity contribution is 5.95. The molecule has 0 radical (unpaired) electrons. The minimum absolute atomic E-state index is 0.296. The number of aromatic nitrogens is 1. The first-order valence-electron chi connectivity index (χ1n) is 6.64. The second-order valence-corrected chi connectivity index (χ2v) is 5.30. The first-order chi connectivity index (χ1) is 8.97. The number of pyridine rings is 1. The van der Waals surface area contributed by atoms with Crippen molar-refractivity contribution in [1.82, 2.24) is 9.88 Å². The maximum absolute atomic E-state index is 11.4. The predicted molar refractivity (Wildman–Crippen MR) is 74.8 cm³/mol. The van der Waals surface area contributed by atoms with E-state index in [1.807, 2.05) is 13.0 Å². The fourth-order valence-corrected chi connectivity index (χ4v) is 2.59. The van der Waals surface area contributed by atoms with Gasteiger partial charge in [0.2, 0.25) is 0 Å². The molecule has 104 valence electrons. The van der Waals surface area contributed by atoms with Crippen LogP contribution in [0.3, 0.4) is 0 Å². The maximum atomic E-state index is 11.4. The minimum Gasteiger partial charge on any atom is -0.478 e. The summed E-state index contributed by atoms with van der Waals surface area (Å²) in [4.78, 5) is 17.9. The molecule has 2 rings (SSSR count). The van der Waals surface area contributed by atoms with Crippen molar-refractivity contribution in [3.63, 3.8) is 0 Å². The Balaban J connectivity index is 2.21. The molecular formula is C14H21N3O2. The Kier molecular flexibility index (Phi) is 4.04. The molecule has 1 fully saturated rings. The summed E-state index contributed by atoms with van der Waals surface area (Å²) in [5.41, 5.74) is 2.41. The minimum atomic E-state index is -0.916. The zero-order valence-electron chi connectivity index (χ0n) is 11.7. The average molecular weight is 263 g/mol. The molecule has 1 saturated heterocycles. The van der Waals surface area contributed by atoms with Crippen molar-refractivity contribution in [1.29, 1.82) is 0 Å². The fraction of sp³-hybridized carbons (Fsp3) is 0.571. The van der Waals surface area contributed by atoms with Crippen LogP contribution in [0.5, 0.6) is 0 Å². The van der Waals surface area contributed by atoms with E-state index in [-0.39, 0.29) is 0 Å². The summed E-state index contributed by atoms with van der Waals surface area (Å²) < 4.78 is 0. The normalized spacial score (nSPS) is 17.4. The van der Waals surface area contributed by atoms with E-state index in [4.69, 9.17) is 0 Å². The van der Waals surface area contributed by atoms with Gasteiger partial charge >= 0.3 is 5.97 Å². The molecule has 0 aliphatic carbocycles. The number of anilines is 1. The van der Waals surface area contributed by atoms with Gasteiger partial charge in [0.05, 0.1) is 11.4 Å². The van der Waals surface area contributed by atoms with Crippen molar-refractivity contribution in [2.75, 3.05) is 25.5 Å². The Morgan fingerprint density at radius 2 is 2.05 bits per heavy atom. The van der Waals surface area contributed by atoms with Crippen LogP contribution in [0.4, 0.5) is 5.69 Å². The van der Waals surface area contributed by atoms with E-state index in [1.165, 1.54) is 0 Å². The molecule has 0 amide bonds. The van der Waals surface area contributed by atoms with E-state index in [1.54, 1.807) is 6.92 Å². The van der Waals surface area contributed by atoms with Gasteiger partial charge in [0.25, 0.3) is 0 Å². The van der Waals surface area contributed by atoms with Gasteiger partial charge in [-0.3, -0.25) is 4.98 Å². The van der Waals surface area contributed by atoms with E-state index in [2.05, 4.69) is 22.2 Å². The molecule has 0 saturated carbocycles. The van der Waals surface area contributed by atoms with Crippen LogP contribution >= 0.6 is 0 Å². The van der Waals surface area contributed by atoms with E-state index < -0.39 is 5.97 Å². The van der Waals surface area contributed by atoms with Gasteiger partial charge < -0.3 is 15.3 Å². The van der Waals surface area contributed by atoms with Gasteiger partial charge in [-0.15, -0.1) is 0 Å². The third-order valence-electron chi connectivity index (χ3n) is 3.62. The number of rotatable bonds is 3. The van der Waals surface area contributed by atoms with Crippen molar-refractivity contribution in [2.24, 2.45) is 0 Å². The SMILES string of the molecule is Cc1cc(NC2CCN(C)CC2)c(C(=O)O)c(C)n1. The summed E-state index contributed by atoms with van der Waals surface area (Å²) in [6.45, 7) is 5.72. The van der Waals surface area contributed by atoms with Crippen molar-refractivity contribution in [2.45, 2.75) is 32.7 Å². The van der Waals surface area contributed by atoms with Crippen LogP contribution in [0, 0.1) is 13.8 Å². The number of nitrogens with zero attached hydrogens (tertiary/aromatic N) is 2. The van der Waals surface area contributed by atoms with Crippen LogP contribution in [0.1, 0.15) is 34.6 Å². The molecule has 2 heterocycles. The number of aryl methyl sites for hydroxylation is 2. The molecule has 0 aromatic carbocycles. The quantitative estimate of drug-likeness (QED) is 0.872. The van der Waals surface area contributed by atoms with Crippen LogP contribution in [0.2, 0.25) is 0 Å². The van der Waals surface area contributed by atoms with Crippen molar-refractivity contribution in [3.05, 3.63) is 23.0 Å². The second-order valence-electron chi connectivity index (χ2n) is 5.30. The Morgan fingerprint density at radius 3 is 2.63 bits per heavy atom. The lowest BCUT2D eigenvalue weighted by Gasteiger charge is -2.30. The van der Waals surface area contributed by atoms with Crippen molar-refractivity contribution < 1.29 is 9.90 Å². The lowest BCUT2D eigenvalue weighted by Crippen LogP contribution is -2.37. The van der Waals surface area contributed by atoms with Crippen LogP contribution in [-0.2, 0) is 0 Å². The summed E-state index contributed by atoms with van der Waals surface area (Å²) in [6, 6.07) is 2.17. The molecule has 1 aromatic heterocycles. The van der Waals surface area contributed by atoms with Gasteiger partial charge in [-0.05, 0) is 52.9 Å². The van der Waals surface area contributed by atoms with Gasteiger partial charge in [-0.1, -0.05) is 0 Å². The highest BCUT2D eigenvalue weighted by Crippen LogP contribution is 2.23. The highest BCUT2D eigenvalue weighted by Gasteiger charge is 2.20. The molecule has 5 nitrogen and oxygen atoms in total. The third-order valence-corrected chi connectivity index (χ3v) is 3.62. The van der Waals surface area contributed by atoms with Crippen LogP contribution in [0.15, 0.2) is 6.07 Å². The Morgan fingerprint density at radius 1 is 1.42 bits per heavy atom. The Bertz CT molecular complexity index is 480. The Hall–Kier alpha value is -1.62. The molecular weight excluding hydrogens is 242 g/mol. The molecule has 0 bridgehead atoms. The van der Waals surface area contributed by atoms with E-state index >= 15 is 0 Å². The molecule has 5 heteroatoms. The molecule has 1 aromatic rings. The zero-order chi connectivity index (χ0) is 14.0. The largest absolute Gasteiger partial charge is 0.478 e. The number of aromatic carboxylic acids is 1. The van der Waals surface area contributed by atoms with Crippen LogP contribution in [0.25, 0.3) is 0 Å². The molecule has 2 N–H and O–H groups in total. The lowest BCUT2D eigenvalue weighted by atomic mass is 10.0. The highest BCUT2D eigenvalue weighted by atomic mass is 16.4. The standard InChI is InChI=1S/C14H21N3O2/c1-9-8-12(13(14(18)19)10(2)15-9)16-11-4-6-17(3)7-5-11/h8,11H,4-7H2,1-3H3,(H,15,16)(H,18,19). The summed E-state index contributed by atoms with van der Waals surface area (Å²) >= 11 is 0. The Labute approximate surface area is 113 Å². The number of piperidine rings is 1. The third kappa shape index (κ3) is 3.23. The molecule has 19 heavy (non-hydrogen) atoms. The zero-order valence-corrected chi connectivity index (χ0v) is 11.7.